The Hall–Kier alpha value is -2.81. The third-order valence-corrected chi connectivity index (χ3v) is 4.02. The number of anilines is 1. The summed E-state index contributed by atoms with van der Waals surface area (Å²) in [6.07, 6.45) is 3.43. The Morgan fingerprint density at radius 3 is 3.00 bits per heavy atom. The van der Waals surface area contributed by atoms with Crippen molar-refractivity contribution < 1.29 is 9.18 Å². The normalized spacial score (nSPS) is 17.6. The van der Waals surface area contributed by atoms with Gasteiger partial charge in [-0.05, 0) is 43.2 Å². The van der Waals surface area contributed by atoms with Gasteiger partial charge in [-0.25, -0.2) is 4.39 Å². The molecule has 1 amide bonds. The average molecular weight is 312 g/mol. The largest absolute Gasteiger partial charge is 0.367 e. The molecule has 1 aromatic carbocycles. The van der Waals surface area contributed by atoms with Crippen molar-refractivity contribution in [2.75, 3.05) is 18.0 Å². The van der Waals surface area contributed by atoms with Crippen LogP contribution in [0.1, 0.15) is 28.9 Å². The molecule has 2 N–H and O–H groups in total. The van der Waals surface area contributed by atoms with Crippen LogP contribution in [0.15, 0.2) is 36.5 Å². The molecule has 2 heterocycles. The van der Waals surface area contributed by atoms with Crippen molar-refractivity contribution in [3.05, 3.63) is 53.6 Å². The van der Waals surface area contributed by atoms with E-state index in [1.54, 1.807) is 30.5 Å². The van der Waals surface area contributed by atoms with Gasteiger partial charge in [0.2, 0.25) is 0 Å². The highest BCUT2D eigenvalue weighted by atomic mass is 19.1. The first kappa shape index (κ1) is 15.1. The molecule has 2 aromatic rings. The molecule has 0 saturated carbocycles. The van der Waals surface area contributed by atoms with Crippen LogP contribution in [0.3, 0.4) is 0 Å². The fraction of sp³-hybridized carbons (Fsp3) is 0.294. The number of benzene rings is 1. The lowest BCUT2D eigenvalue weighted by molar-refractivity contribution is 0.0928. The number of hydrogen-bond donors (Lipinski definition) is 2. The van der Waals surface area contributed by atoms with E-state index in [1.165, 1.54) is 6.07 Å². The molecule has 0 spiro atoms. The Morgan fingerprint density at radius 1 is 1.43 bits per heavy atom. The number of H-pyrrole nitrogens is 1. The minimum atomic E-state index is -0.402. The standard InChI is InChI=1S/C17H17FN4O/c18-14-9-12(10-19)5-6-16(14)22-8-2-3-13(11-22)21-17(23)15-4-1-7-20-15/h1,4-7,9,13,20H,2-3,8,11H2,(H,21,23)/t13-/m0/s1. The first-order valence-corrected chi connectivity index (χ1v) is 7.56. The van der Waals surface area contributed by atoms with Crippen molar-refractivity contribution >= 4 is 11.6 Å². The Balaban J connectivity index is 1.69. The number of nitrogens with one attached hydrogen (secondary N) is 2. The van der Waals surface area contributed by atoms with Gasteiger partial charge in [0.25, 0.3) is 5.91 Å². The number of rotatable bonds is 3. The lowest BCUT2D eigenvalue weighted by Gasteiger charge is -2.34. The highest BCUT2D eigenvalue weighted by molar-refractivity contribution is 5.92. The number of halogens is 1. The van der Waals surface area contributed by atoms with Gasteiger partial charge in [-0.15, -0.1) is 0 Å². The molecule has 118 valence electrons. The van der Waals surface area contributed by atoms with Gasteiger partial charge in [0.15, 0.2) is 0 Å². The first-order chi connectivity index (χ1) is 11.2. The van der Waals surface area contributed by atoms with Crippen molar-refractivity contribution in [1.82, 2.24) is 10.3 Å². The molecular weight excluding hydrogens is 295 g/mol. The lowest BCUT2D eigenvalue weighted by atomic mass is 10.0. The van der Waals surface area contributed by atoms with E-state index in [1.807, 2.05) is 11.0 Å². The van der Waals surface area contributed by atoms with Crippen LogP contribution in [0.2, 0.25) is 0 Å². The third-order valence-electron chi connectivity index (χ3n) is 4.02. The molecular formula is C17H17FN4O. The molecule has 1 aliphatic heterocycles. The molecule has 3 rings (SSSR count). The van der Waals surface area contributed by atoms with Gasteiger partial charge in [0.1, 0.15) is 11.5 Å². The van der Waals surface area contributed by atoms with Gasteiger partial charge in [0.05, 0.1) is 17.3 Å². The van der Waals surface area contributed by atoms with Gasteiger partial charge in [0, 0.05) is 25.3 Å². The molecule has 0 bridgehead atoms. The monoisotopic (exact) mass is 312 g/mol. The van der Waals surface area contributed by atoms with Crippen LogP contribution >= 0.6 is 0 Å². The fourth-order valence-corrected chi connectivity index (χ4v) is 2.88. The van der Waals surface area contributed by atoms with Crippen LogP contribution < -0.4 is 10.2 Å². The zero-order valence-corrected chi connectivity index (χ0v) is 12.6. The van der Waals surface area contributed by atoms with E-state index in [0.717, 1.165) is 19.4 Å². The van der Waals surface area contributed by atoms with Gasteiger partial charge < -0.3 is 15.2 Å². The van der Waals surface area contributed by atoms with Gasteiger partial charge in [-0.3, -0.25) is 4.79 Å². The van der Waals surface area contributed by atoms with E-state index in [0.29, 0.717) is 23.5 Å². The molecule has 1 aromatic heterocycles. The second-order valence-corrected chi connectivity index (χ2v) is 5.62. The van der Waals surface area contributed by atoms with Crippen LogP contribution in [0.5, 0.6) is 0 Å². The highest BCUT2D eigenvalue weighted by Crippen LogP contribution is 2.24. The summed E-state index contributed by atoms with van der Waals surface area (Å²) < 4.78 is 14.1. The van der Waals surface area contributed by atoms with E-state index in [2.05, 4.69) is 10.3 Å². The quantitative estimate of drug-likeness (QED) is 0.914. The minimum absolute atomic E-state index is 0.0328. The molecule has 0 unspecified atom stereocenters. The Labute approximate surface area is 133 Å². The van der Waals surface area contributed by atoms with E-state index in [9.17, 15) is 9.18 Å². The number of carbonyl (C=O) groups is 1. The third kappa shape index (κ3) is 3.34. The molecule has 0 radical (unpaired) electrons. The summed E-state index contributed by atoms with van der Waals surface area (Å²) >= 11 is 0. The molecule has 23 heavy (non-hydrogen) atoms. The maximum absolute atomic E-state index is 14.1. The second-order valence-electron chi connectivity index (χ2n) is 5.62. The van der Waals surface area contributed by atoms with Crippen LogP contribution in [0.25, 0.3) is 0 Å². The van der Waals surface area contributed by atoms with E-state index >= 15 is 0 Å². The Morgan fingerprint density at radius 2 is 2.30 bits per heavy atom. The Bertz CT molecular complexity index is 736. The molecule has 1 saturated heterocycles. The molecule has 1 aliphatic rings. The number of nitrogens with zero attached hydrogens (tertiary/aromatic N) is 2. The van der Waals surface area contributed by atoms with Crippen LogP contribution in [0, 0.1) is 17.1 Å². The molecule has 6 heteroatoms. The van der Waals surface area contributed by atoms with E-state index in [4.69, 9.17) is 5.26 Å². The number of carbonyl (C=O) groups excluding carboxylic acids is 1. The van der Waals surface area contributed by atoms with E-state index < -0.39 is 5.82 Å². The summed E-state index contributed by atoms with van der Waals surface area (Å²) in [5.41, 5.74) is 1.30. The number of piperidine rings is 1. The van der Waals surface area contributed by atoms with Gasteiger partial charge in [-0.1, -0.05) is 0 Å². The molecule has 1 fully saturated rings. The van der Waals surface area contributed by atoms with Crippen molar-refractivity contribution in [2.45, 2.75) is 18.9 Å². The molecule has 5 nitrogen and oxygen atoms in total. The van der Waals surface area contributed by atoms with Crippen LogP contribution in [-0.2, 0) is 0 Å². The number of nitriles is 1. The maximum Gasteiger partial charge on any atom is 0.267 e. The smallest absolute Gasteiger partial charge is 0.267 e. The van der Waals surface area contributed by atoms with Crippen molar-refractivity contribution in [3.63, 3.8) is 0 Å². The average Bonchev–Trinajstić information content (AvgIpc) is 3.09. The summed E-state index contributed by atoms with van der Waals surface area (Å²) in [6, 6.07) is 9.87. The first-order valence-electron chi connectivity index (χ1n) is 7.56. The number of aromatic nitrogens is 1. The predicted molar refractivity (Wildman–Crippen MR) is 84.6 cm³/mol. The zero-order valence-electron chi connectivity index (χ0n) is 12.6. The van der Waals surface area contributed by atoms with Crippen LogP contribution in [-0.4, -0.2) is 30.0 Å². The predicted octanol–water partition coefficient (Wildman–Crippen LogP) is 2.42. The van der Waals surface area contributed by atoms with Gasteiger partial charge >= 0.3 is 0 Å². The molecule has 0 aliphatic carbocycles. The summed E-state index contributed by atoms with van der Waals surface area (Å²) in [7, 11) is 0. The van der Waals surface area contributed by atoms with Crippen molar-refractivity contribution in [3.8, 4) is 6.07 Å². The minimum Gasteiger partial charge on any atom is -0.367 e. The maximum atomic E-state index is 14.1. The highest BCUT2D eigenvalue weighted by Gasteiger charge is 2.24. The molecule has 1 atom stereocenters. The topological polar surface area (TPSA) is 71.9 Å². The summed E-state index contributed by atoms with van der Waals surface area (Å²) in [4.78, 5) is 16.9. The summed E-state index contributed by atoms with van der Waals surface area (Å²) in [6.45, 7) is 1.28. The number of aromatic amines is 1. The Kier molecular flexibility index (Phi) is 4.29. The fourth-order valence-electron chi connectivity index (χ4n) is 2.88. The zero-order chi connectivity index (χ0) is 16.2. The van der Waals surface area contributed by atoms with Crippen LogP contribution in [0.4, 0.5) is 10.1 Å². The summed E-state index contributed by atoms with van der Waals surface area (Å²) in [5, 5.41) is 11.8. The summed E-state index contributed by atoms with van der Waals surface area (Å²) in [5.74, 6) is -0.553. The van der Waals surface area contributed by atoms with E-state index in [-0.39, 0.29) is 11.9 Å². The number of hydrogen-bond acceptors (Lipinski definition) is 3. The SMILES string of the molecule is N#Cc1ccc(N2CCC[C@H](NC(=O)c3ccc[nH]3)C2)c(F)c1. The second kappa shape index (κ2) is 6.53. The van der Waals surface area contributed by atoms with Gasteiger partial charge in [-0.2, -0.15) is 5.26 Å². The number of amides is 1. The van der Waals surface area contributed by atoms with Crippen molar-refractivity contribution in [1.29, 1.82) is 5.26 Å². The lowest BCUT2D eigenvalue weighted by Crippen LogP contribution is -2.48. The van der Waals surface area contributed by atoms with Crippen molar-refractivity contribution in [2.24, 2.45) is 0 Å².